The van der Waals surface area contributed by atoms with Crippen LogP contribution in [0, 0.1) is 0 Å². The number of imidazole rings is 1. The predicted molar refractivity (Wildman–Crippen MR) is 67.9 cm³/mol. The predicted octanol–water partition coefficient (Wildman–Crippen LogP) is -1.37. The van der Waals surface area contributed by atoms with E-state index in [1.54, 1.807) is 13.0 Å². The molecule has 0 bridgehead atoms. The third-order valence-electron chi connectivity index (χ3n) is 2.43. The lowest BCUT2D eigenvalue weighted by molar-refractivity contribution is -0.142. The Balaban J connectivity index is 2.72. The van der Waals surface area contributed by atoms with Crippen molar-refractivity contribution in [1.29, 1.82) is 0 Å². The maximum absolute atomic E-state index is 11.5. The van der Waals surface area contributed by atoms with Crippen LogP contribution in [0.25, 0.3) is 0 Å². The third-order valence-corrected chi connectivity index (χ3v) is 2.43. The number of carbonyl (C=O) groups excluding carboxylic acids is 1. The van der Waals surface area contributed by atoms with Gasteiger partial charge in [0.1, 0.15) is 6.04 Å². The van der Waals surface area contributed by atoms with Crippen molar-refractivity contribution < 1.29 is 19.6 Å². The maximum Gasteiger partial charge on any atom is 0.414 e. The van der Waals surface area contributed by atoms with Gasteiger partial charge in [0.05, 0.1) is 19.1 Å². The van der Waals surface area contributed by atoms with E-state index in [0.717, 1.165) is 0 Å². The van der Waals surface area contributed by atoms with E-state index in [-0.39, 0.29) is 6.42 Å². The molecule has 0 amide bonds. The number of aromatic nitrogens is 2. The molecule has 1 rings (SSSR count). The minimum Gasteiger partial charge on any atom is -0.468 e. The van der Waals surface area contributed by atoms with Gasteiger partial charge < -0.3 is 24.5 Å². The van der Waals surface area contributed by atoms with E-state index in [0.29, 0.717) is 5.69 Å². The van der Waals surface area contributed by atoms with Gasteiger partial charge in [-0.2, -0.15) is 0 Å². The molecule has 0 aromatic carbocycles. The molecule has 18 heavy (non-hydrogen) atoms. The molecule has 0 radical (unpaired) electrons. The standard InChI is InChI=1S/C9H17B2N3O4/c1-10(16)13-8(9(15)18-3)4-7-5-14(6-12-7)11(2)17/h5-6,8,13,16-17H,4H2,1-3H3/t8-/m1/s1. The summed E-state index contributed by atoms with van der Waals surface area (Å²) in [5.74, 6) is -0.470. The van der Waals surface area contributed by atoms with Crippen molar-refractivity contribution in [3.8, 4) is 0 Å². The van der Waals surface area contributed by atoms with Crippen LogP contribution in [0.3, 0.4) is 0 Å². The quantitative estimate of drug-likeness (QED) is 0.427. The molecule has 0 saturated carbocycles. The van der Waals surface area contributed by atoms with E-state index < -0.39 is 26.1 Å². The van der Waals surface area contributed by atoms with Crippen LogP contribution >= 0.6 is 0 Å². The zero-order chi connectivity index (χ0) is 13.7. The Hall–Kier alpha value is -1.31. The average Bonchev–Trinajstić information content (AvgIpc) is 2.75. The maximum atomic E-state index is 11.5. The molecule has 0 fully saturated rings. The summed E-state index contributed by atoms with van der Waals surface area (Å²) in [6, 6.07) is -0.674. The minimum absolute atomic E-state index is 0.275. The second kappa shape index (κ2) is 6.58. The Labute approximate surface area is 106 Å². The van der Waals surface area contributed by atoms with E-state index in [1.807, 2.05) is 0 Å². The number of nitrogens with zero attached hydrogens (tertiary/aromatic N) is 2. The Morgan fingerprint density at radius 1 is 1.61 bits per heavy atom. The van der Waals surface area contributed by atoms with Crippen LogP contribution in [-0.4, -0.2) is 52.7 Å². The number of hydrogen-bond donors (Lipinski definition) is 3. The number of esters is 1. The van der Waals surface area contributed by atoms with Crippen molar-refractivity contribution in [2.75, 3.05) is 7.11 Å². The highest BCUT2D eigenvalue weighted by atomic mass is 16.5. The normalized spacial score (nSPS) is 12.1. The van der Waals surface area contributed by atoms with E-state index in [2.05, 4.69) is 14.9 Å². The van der Waals surface area contributed by atoms with Crippen molar-refractivity contribution in [3.63, 3.8) is 0 Å². The van der Waals surface area contributed by atoms with Crippen LogP contribution < -0.4 is 5.23 Å². The van der Waals surface area contributed by atoms with Crippen LogP contribution in [0.4, 0.5) is 0 Å². The van der Waals surface area contributed by atoms with E-state index in [4.69, 9.17) is 0 Å². The summed E-state index contributed by atoms with van der Waals surface area (Å²) in [5, 5.41) is 21.3. The zero-order valence-corrected chi connectivity index (χ0v) is 10.7. The first-order chi connectivity index (χ1) is 8.43. The van der Waals surface area contributed by atoms with Crippen molar-refractivity contribution in [2.24, 2.45) is 0 Å². The van der Waals surface area contributed by atoms with Gasteiger partial charge in [0.25, 0.3) is 0 Å². The molecule has 3 N–H and O–H groups in total. The van der Waals surface area contributed by atoms with Crippen LogP contribution in [0.5, 0.6) is 0 Å². The summed E-state index contributed by atoms with van der Waals surface area (Å²) in [4.78, 5) is 15.6. The summed E-state index contributed by atoms with van der Waals surface area (Å²) in [6.45, 7) is 3.13. The number of nitrogens with one attached hydrogen (secondary N) is 1. The van der Waals surface area contributed by atoms with Gasteiger partial charge in [-0.15, -0.1) is 0 Å². The fourth-order valence-corrected chi connectivity index (χ4v) is 1.54. The van der Waals surface area contributed by atoms with E-state index in [9.17, 15) is 14.8 Å². The largest absolute Gasteiger partial charge is 0.468 e. The summed E-state index contributed by atoms with van der Waals surface area (Å²) >= 11 is 0. The molecular formula is C9H17B2N3O4. The Bertz CT molecular complexity index is 397. The van der Waals surface area contributed by atoms with Gasteiger partial charge in [-0.1, -0.05) is 0 Å². The van der Waals surface area contributed by atoms with Crippen molar-refractivity contribution in [1.82, 2.24) is 14.7 Å². The molecule has 1 heterocycles. The van der Waals surface area contributed by atoms with Crippen LogP contribution in [0.2, 0.25) is 13.6 Å². The minimum atomic E-state index is -0.826. The van der Waals surface area contributed by atoms with Crippen LogP contribution in [0.15, 0.2) is 12.5 Å². The Morgan fingerprint density at radius 2 is 2.28 bits per heavy atom. The van der Waals surface area contributed by atoms with Gasteiger partial charge in [-0.05, 0) is 13.6 Å². The smallest absolute Gasteiger partial charge is 0.414 e. The molecule has 98 valence electrons. The molecule has 0 aliphatic carbocycles. The van der Waals surface area contributed by atoms with Gasteiger partial charge in [0, 0.05) is 12.6 Å². The zero-order valence-electron chi connectivity index (χ0n) is 10.7. The van der Waals surface area contributed by atoms with Crippen molar-refractivity contribution in [3.05, 3.63) is 18.2 Å². The molecule has 0 unspecified atom stereocenters. The number of carbonyl (C=O) groups is 1. The molecule has 0 aliphatic rings. The molecule has 7 nitrogen and oxygen atoms in total. The lowest BCUT2D eigenvalue weighted by Crippen LogP contribution is -2.46. The van der Waals surface area contributed by atoms with Crippen molar-refractivity contribution in [2.45, 2.75) is 26.1 Å². The molecule has 0 spiro atoms. The van der Waals surface area contributed by atoms with Crippen LogP contribution in [0.1, 0.15) is 5.69 Å². The summed E-state index contributed by atoms with van der Waals surface area (Å²) in [6.07, 6.45) is 3.40. The highest BCUT2D eigenvalue weighted by molar-refractivity contribution is 6.46. The third kappa shape index (κ3) is 4.17. The molecular weight excluding hydrogens is 236 g/mol. The summed E-state index contributed by atoms with van der Waals surface area (Å²) in [5.41, 5.74) is 0.624. The SMILES string of the molecule is COC(=O)[C@@H](Cc1cn(B(C)O)cn1)NB(C)O. The number of hydrogen-bond acceptors (Lipinski definition) is 6. The molecule has 9 heteroatoms. The molecule has 0 saturated heterocycles. The van der Waals surface area contributed by atoms with Crippen LogP contribution in [-0.2, 0) is 16.0 Å². The second-order valence-electron chi connectivity index (χ2n) is 4.07. The molecule has 1 aromatic heterocycles. The van der Waals surface area contributed by atoms with Gasteiger partial charge in [0.15, 0.2) is 0 Å². The van der Waals surface area contributed by atoms with E-state index in [1.165, 1.54) is 24.7 Å². The van der Waals surface area contributed by atoms with Gasteiger partial charge in [-0.25, -0.2) is 4.98 Å². The van der Waals surface area contributed by atoms with Gasteiger partial charge >= 0.3 is 20.1 Å². The summed E-state index contributed by atoms with van der Waals surface area (Å²) in [7, 11) is -0.214. The van der Waals surface area contributed by atoms with E-state index >= 15 is 0 Å². The first kappa shape index (κ1) is 14.7. The number of rotatable bonds is 6. The monoisotopic (exact) mass is 253 g/mol. The molecule has 0 aliphatic heterocycles. The molecule has 1 aromatic rings. The molecule has 1 atom stereocenters. The number of methoxy groups -OCH3 is 1. The Kier molecular flexibility index (Phi) is 5.39. The fraction of sp³-hybridized carbons (Fsp3) is 0.556. The highest BCUT2D eigenvalue weighted by Crippen LogP contribution is 2.03. The van der Waals surface area contributed by atoms with Gasteiger partial charge in [-0.3, -0.25) is 4.79 Å². The lowest BCUT2D eigenvalue weighted by Gasteiger charge is -2.15. The first-order valence-corrected chi connectivity index (χ1v) is 5.66. The van der Waals surface area contributed by atoms with Crippen molar-refractivity contribution >= 4 is 20.1 Å². The fourth-order valence-electron chi connectivity index (χ4n) is 1.54. The summed E-state index contributed by atoms with van der Waals surface area (Å²) < 4.78 is 6.16. The Morgan fingerprint density at radius 3 is 2.72 bits per heavy atom. The van der Waals surface area contributed by atoms with Gasteiger partial charge in [0.2, 0.25) is 0 Å². The lowest BCUT2D eigenvalue weighted by atomic mass is 9.86. The first-order valence-electron chi connectivity index (χ1n) is 5.66. The number of ether oxygens (including phenoxy) is 1. The highest BCUT2D eigenvalue weighted by Gasteiger charge is 2.23. The topological polar surface area (TPSA) is 96.6 Å². The average molecular weight is 253 g/mol. The second-order valence-corrected chi connectivity index (χ2v) is 4.07.